The van der Waals surface area contributed by atoms with Crippen LogP contribution in [0.4, 0.5) is 4.39 Å². The van der Waals surface area contributed by atoms with Gasteiger partial charge in [0.15, 0.2) is 0 Å². The molecular weight excluding hydrogens is 183 g/mol. The molecule has 0 bridgehead atoms. The molecule has 1 aromatic carbocycles. The Balaban J connectivity index is 2.74. The van der Waals surface area contributed by atoms with Crippen LogP contribution in [-0.4, -0.2) is 16.1 Å². The van der Waals surface area contributed by atoms with Gasteiger partial charge in [0.1, 0.15) is 16.3 Å². The summed E-state index contributed by atoms with van der Waals surface area (Å²) in [6.07, 6.45) is 0.758. The van der Waals surface area contributed by atoms with Crippen molar-refractivity contribution in [2.75, 3.05) is 0 Å². The SMILES string of the molecule is CC(C)(Cc1cccc(F)c1)O[SiH3]. The van der Waals surface area contributed by atoms with Crippen molar-refractivity contribution in [1.29, 1.82) is 0 Å². The molecule has 72 valence electrons. The first kappa shape index (κ1) is 10.4. The molecule has 0 fully saturated rings. The number of hydrogen-bond acceptors (Lipinski definition) is 1. The molecule has 0 N–H and O–H groups in total. The van der Waals surface area contributed by atoms with Crippen molar-refractivity contribution in [3.05, 3.63) is 35.6 Å². The number of benzene rings is 1. The Bertz CT molecular complexity index is 286. The maximum Gasteiger partial charge on any atom is 0.146 e. The lowest BCUT2D eigenvalue weighted by atomic mass is 9.99. The highest BCUT2D eigenvalue weighted by molar-refractivity contribution is 5.98. The first-order valence-corrected chi connectivity index (χ1v) is 5.15. The Hall–Kier alpha value is -0.673. The van der Waals surface area contributed by atoms with Crippen molar-refractivity contribution in [3.8, 4) is 0 Å². The van der Waals surface area contributed by atoms with Crippen molar-refractivity contribution in [2.24, 2.45) is 0 Å². The van der Waals surface area contributed by atoms with Gasteiger partial charge in [-0.25, -0.2) is 4.39 Å². The molecule has 0 atom stereocenters. The van der Waals surface area contributed by atoms with Gasteiger partial charge in [-0.05, 0) is 38.0 Å². The smallest absolute Gasteiger partial charge is 0.146 e. The van der Waals surface area contributed by atoms with Gasteiger partial charge in [-0.1, -0.05) is 12.1 Å². The third-order valence-corrected chi connectivity index (χ3v) is 3.18. The fraction of sp³-hybridized carbons (Fsp3) is 0.400. The van der Waals surface area contributed by atoms with Gasteiger partial charge in [0.25, 0.3) is 0 Å². The van der Waals surface area contributed by atoms with Crippen LogP contribution < -0.4 is 0 Å². The third-order valence-electron chi connectivity index (χ3n) is 2.07. The normalized spacial score (nSPS) is 11.9. The minimum Gasteiger partial charge on any atom is -0.423 e. The van der Waals surface area contributed by atoms with Crippen LogP contribution in [0.3, 0.4) is 0 Å². The molecule has 1 aromatic rings. The number of rotatable bonds is 3. The first-order chi connectivity index (χ1) is 6.03. The molecule has 0 unspecified atom stereocenters. The molecule has 13 heavy (non-hydrogen) atoms. The molecule has 0 saturated carbocycles. The standard InChI is InChI=1S/C10H15FOSi/c1-10(2,12-13)7-8-4-3-5-9(11)6-8/h3-6H,7H2,1-2,13H3. The summed E-state index contributed by atoms with van der Waals surface area (Å²) in [7, 11) is 0.713. The number of halogens is 1. The summed E-state index contributed by atoms with van der Waals surface area (Å²) in [5.41, 5.74) is 0.820. The molecule has 1 rings (SSSR count). The molecule has 0 saturated heterocycles. The topological polar surface area (TPSA) is 9.23 Å². The summed E-state index contributed by atoms with van der Waals surface area (Å²) < 4.78 is 18.2. The Morgan fingerprint density at radius 2 is 2.15 bits per heavy atom. The molecule has 3 heteroatoms. The maximum absolute atomic E-state index is 12.8. The second kappa shape index (κ2) is 4.02. The van der Waals surface area contributed by atoms with Crippen LogP contribution in [0.5, 0.6) is 0 Å². The average Bonchev–Trinajstić information content (AvgIpc) is 2.03. The van der Waals surface area contributed by atoms with E-state index in [-0.39, 0.29) is 11.4 Å². The Labute approximate surface area is 81.5 Å². The minimum absolute atomic E-state index is 0.167. The molecule has 0 aliphatic rings. The summed E-state index contributed by atoms with van der Waals surface area (Å²) in [5.74, 6) is -0.179. The molecular formula is C10H15FOSi. The highest BCUT2D eigenvalue weighted by Gasteiger charge is 2.16. The van der Waals surface area contributed by atoms with E-state index in [1.807, 2.05) is 19.9 Å². The maximum atomic E-state index is 12.8. The monoisotopic (exact) mass is 198 g/mol. The molecule has 0 amide bonds. The summed E-state index contributed by atoms with van der Waals surface area (Å²) in [5, 5.41) is 0. The van der Waals surface area contributed by atoms with E-state index < -0.39 is 0 Å². The van der Waals surface area contributed by atoms with Crippen molar-refractivity contribution in [3.63, 3.8) is 0 Å². The predicted octanol–water partition coefficient (Wildman–Crippen LogP) is 1.44. The van der Waals surface area contributed by atoms with Crippen LogP contribution in [-0.2, 0) is 10.8 Å². The quantitative estimate of drug-likeness (QED) is 0.668. The van der Waals surface area contributed by atoms with Crippen molar-refractivity contribution < 1.29 is 8.82 Å². The zero-order valence-corrected chi connectivity index (χ0v) is 10.3. The van der Waals surface area contributed by atoms with Crippen LogP contribution in [0, 0.1) is 5.82 Å². The van der Waals surface area contributed by atoms with E-state index in [2.05, 4.69) is 0 Å². The van der Waals surface area contributed by atoms with Crippen LogP contribution >= 0.6 is 0 Å². The van der Waals surface area contributed by atoms with Gasteiger partial charge in [0, 0.05) is 0 Å². The van der Waals surface area contributed by atoms with Crippen LogP contribution in [0.2, 0.25) is 0 Å². The highest BCUT2D eigenvalue weighted by Crippen LogP contribution is 2.16. The zero-order valence-electron chi connectivity index (χ0n) is 8.30. The highest BCUT2D eigenvalue weighted by atomic mass is 28.2. The largest absolute Gasteiger partial charge is 0.423 e. The molecule has 0 aromatic heterocycles. The molecule has 0 radical (unpaired) electrons. The molecule has 0 aliphatic carbocycles. The second-order valence-corrected chi connectivity index (χ2v) is 4.18. The van der Waals surface area contributed by atoms with Crippen molar-refractivity contribution in [2.45, 2.75) is 25.9 Å². The Morgan fingerprint density at radius 3 is 2.69 bits per heavy atom. The van der Waals surface area contributed by atoms with Gasteiger partial charge in [-0.15, -0.1) is 0 Å². The fourth-order valence-corrected chi connectivity index (χ4v) is 1.36. The second-order valence-electron chi connectivity index (χ2n) is 3.77. The van der Waals surface area contributed by atoms with E-state index in [0.29, 0.717) is 10.5 Å². The van der Waals surface area contributed by atoms with E-state index in [4.69, 9.17) is 4.43 Å². The van der Waals surface area contributed by atoms with E-state index >= 15 is 0 Å². The van der Waals surface area contributed by atoms with Crippen LogP contribution in [0.15, 0.2) is 24.3 Å². The Kier molecular flexibility index (Phi) is 3.22. The van der Waals surface area contributed by atoms with Crippen LogP contribution in [0.25, 0.3) is 0 Å². The van der Waals surface area contributed by atoms with E-state index in [0.717, 1.165) is 12.0 Å². The summed E-state index contributed by atoms with van der Waals surface area (Å²) in [4.78, 5) is 0. The van der Waals surface area contributed by atoms with Gasteiger partial charge in [0.2, 0.25) is 0 Å². The lowest BCUT2D eigenvalue weighted by molar-refractivity contribution is 0.124. The van der Waals surface area contributed by atoms with Crippen LogP contribution in [0.1, 0.15) is 19.4 Å². The van der Waals surface area contributed by atoms with Gasteiger partial charge >= 0.3 is 0 Å². The van der Waals surface area contributed by atoms with Gasteiger partial charge < -0.3 is 4.43 Å². The Morgan fingerprint density at radius 1 is 1.46 bits per heavy atom. The molecule has 0 spiro atoms. The van der Waals surface area contributed by atoms with Gasteiger partial charge in [-0.3, -0.25) is 0 Å². The molecule has 1 nitrogen and oxygen atoms in total. The summed E-state index contributed by atoms with van der Waals surface area (Å²) in [6, 6.07) is 6.67. The van der Waals surface area contributed by atoms with E-state index in [1.165, 1.54) is 6.07 Å². The first-order valence-electron chi connectivity index (χ1n) is 4.33. The van der Waals surface area contributed by atoms with E-state index in [9.17, 15) is 4.39 Å². The van der Waals surface area contributed by atoms with E-state index in [1.54, 1.807) is 12.1 Å². The third kappa shape index (κ3) is 3.28. The van der Waals surface area contributed by atoms with Gasteiger partial charge in [-0.2, -0.15) is 0 Å². The lowest BCUT2D eigenvalue weighted by Gasteiger charge is -2.23. The zero-order chi connectivity index (χ0) is 9.90. The summed E-state index contributed by atoms with van der Waals surface area (Å²) >= 11 is 0. The summed E-state index contributed by atoms with van der Waals surface area (Å²) in [6.45, 7) is 4.04. The van der Waals surface area contributed by atoms with Crippen molar-refractivity contribution in [1.82, 2.24) is 0 Å². The number of hydrogen-bond donors (Lipinski definition) is 0. The predicted molar refractivity (Wildman–Crippen MR) is 55.2 cm³/mol. The molecule has 0 heterocycles. The average molecular weight is 198 g/mol. The minimum atomic E-state index is -0.179. The lowest BCUT2D eigenvalue weighted by Crippen LogP contribution is -2.26. The van der Waals surface area contributed by atoms with Crippen molar-refractivity contribution >= 4 is 10.5 Å². The fourth-order valence-electron chi connectivity index (χ4n) is 1.21. The molecule has 0 aliphatic heterocycles. The van der Waals surface area contributed by atoms with Gasteiger partial charge in [0.05, 0.1) is 5.60 Å².